The first-order chi connectivity index (χ1) is 15.6. The zero-order chi connectivity index (χ0) is 24.0. The minimum Gasteiger partial charge on any atom is -0.444 e. The normalized spacial score (nSPS) is 11.6. The van der Waals surface area contributed by atoms with Crippen LogP contribution in [0.3, 0.4) is 0 Å². The van der Waals surface area contributed by atoms with Crippen molar-refractivity contribution in [2.24, 2.45) is 0 Å². The van der Waals surface area contributed by atoms with E-state index in [2.05, 4.69) is 10.6 Å². The van der Waals surface area contributed by atoms with Gasteiger partial charge in [0.15, 0.2) is 6.16 Å². The number of anilines is 2. The lowest BCUT2D eigenvalue weighted by Gasteiger charge is -2.21. The summed E-state index contributed by atoms with van der Waals surface area (Å²) in [7, 11) is -2.19. The fourth-order valence-corrected chi connectivity index (χ4v) is 4.18. The van der Waals surface area contributed by atoms with E-state index in [-0.39, 0.29) is 12.1 Å². The second-order valence-corrected chi connectivity index (χ2v) is 10.4. The van der Waals surface area contributed by atoms with E-state index >= 15 is 0 Å². The molecule has 3 aromatic rings. The van der Waals surface area contributed by atoms with E-state index in [0.717, 1.165) is 16.0 Å². The number of nitrogens with one attached hydrogen (secondary N) is 2. The molecular weight excluding hydrogens is 459 g/mol. The van der Waals surface area contributed by atoms with Gasteiger partial charge in [0.05, 0.1) is 11.4 Å². The third-order valence-corrected chi connectivity index (χ3v) is 6.04. The molecule has 1 atom stereocenters. The molecule has 3 N–H and O–H groups in total. The van der Waals surface area contributed by atoms with Crippen LogP contribution in [0.1, 0.15) is 36.7 Å². The van der Waals surface area contributed by atoms with Gasteiger partial charge in [-0.05, 0) is 72.2 Å². The summed E-state index contributed by atoms with van der Waals surface area (Å²) < 4.78 is 16.2. The summed E-state index contributed by atoms with van der Waals surface area (Å²) in [5.74, 6) is -0.342. The number of carbonyl (C=O) groups excluding carboxylic acids is 2. The predicted molar refractivity (Wildman–Crippen MR) is 132 cm³/mol. The molecule has 33 heavy (non-hydrogen) atoms. The van der Waals surface area contributed by atoms with Gasteiger partial charge in [0, 0.05) is 16.9 Å². The maximum Gasteiger partial charge on any atom is 0.505 e. The highest BCUT2D eigenvalue weighted by Gasteiger charge is 2.19. The van der Waals surface area contributed by atoms with E-state index in [1.807, 2.05) is 29.6 Å². The van der Waals surface area contributed by atoms with Gasteiger partial charge >= 0.3 is 14.1 Å². The van der Waals surface area contributed by atoms with E-state index in [1.54, 1.807) is 62.4 Å². The molecule has 0 saturated heterocycles. The zero-order valence-electron chi connectivity index (χ0n) is 18.6. The standard InChI is InChI=1S/C24H25N2O5PS/c1-24(2,3)31-23(28)26-19-11-10-18(21-5-4-14-33-21)15-20(19)25-22(27)17-8-6-16(7-9-17)12-13-32(29)30/h4-11,14-15H,12-13H2,1-3H3,(H2-,25,26,27,28,29,30)/p+1. The highest BCUT2D eigenvalue weighted by Crippen LogP contribution is 2.32. The summed E-state index contributed by atoms with van der Waals surface area (Å²) in [6.07, 6.45) is 0.0182. The molecule has 0 aliphatic rings. The summed E-state index contributed by atoms with van der Waals surface area (Å²) >= 11 is 1.57. The Morgan fingerprint density at radius 1 is 1.03 bits per heavy atom. The number of thiophene rings is 1. The minimum absolute atomic E-state index is 0.177. The molecular formula is C24H26N2O5PS+. The molecule has 3 rings (SSSR count). The van der Waals surface area contributed by atoms with Gasteiger partial charge < -0.3 is 10.1 Å². The van der Waals surface area contributed by atoms with Crippen molar-refractivity contribution >= 4 is 42.7 Å². The van der Waals surface area contributed by atoms with Crippen LogP contribution in [0.25, 0.3) is 10.4 Å². The smallest absolute Gasteiger partial charge is 0.444 e. The summed E-state index contributed by atoms with van der Waals surface area (Å²) in [5.41, 5.74) is 2.41. The van der Waals surface area contributed by atoms with Crippen LogP contribution in [0.2, 0.25) is 0 Å². The molecule has 9 heteroatoms. The molecule has 2 aromatic carbocycles. The van der Waals surface area contributed by atoms with Crippen molar-refractivity contribution in [1.29, 1.82) is 0 Å². The summed E-state index contributed by atoms with van der Waals surface area (Å²) in [5, 5.41) is 7.55. The molecule has 172 valence electrons. The fourth-order valence-electron chi connectivity index (χ4n) is 3.01. The van der Waals surface area contributed by atoms with Gasteiger partial charge in [-0.25, -0.2) is 4.79 Å². The number of hydrogen-bond donors (Lipinski definition) is 3. The van der Waals surface area contributed by atoms with Gasteiger partial charge in [-0.15, -0.1) is 11.3 Å². The first-order valence-electron chi connectivity index (χ1n) is 10.3. The highest BCUT2D eigenvalue weighted by molar-refractivity contribution is 7.37. The Bertz CT molecular complexity index is 1140. The second-order valence-electron chi connectivity index (χ2n) is 8.34. The van der Waals surface area contributed by atoms with Gasteiger partial charge in [-0.2, -0.15) is 4.89 Å². The van der Waals surface area contributed by atoms with Crippen LogP contribution in [0.15, 0.2) is 60.0 Å². The van der Waals surface area contributed by atoms with E-state index in [0.29, 0.717) is 23.4 Å². The summed E-state index contributed by atoms with van der Waals surface area (Å²) in [4.78, 5) is 35.2. The lowest BCUT2D eigenvalue weighted by molar-refractivity contribution is 0.0635. The molecule has 1 unspecified atom stereocenters. The summed E-state index contributed by atoms with van der Waals surface area (Å²) in [6.45, 7) is 5.33. The van der Waals surface area contributed by atoms with Crippen molar-refractivity contribution < 1.29 is 23.8 Å². The van der Waals surface area contributed by atoms with E-state index in [9.17, 15) is 14.2 Å². The SMILES string of the molecule is CC(C)(C)OC(=O)Nc1ccc(-c2cccs2)cc1NC(=O)c1ccc(CC[P+](=O)O)cc1. The largest absolute Gasteiger partial charge is 0.505 e. The minimum atomic E-state index is -2.19. The highest BCUT2D eigenvalue weighted by atomic mass is 32.1. The molecule has 2 amide bonds. The number of ether oxygens (including phenoxy) is 1. The Morgan fingerprint density at radius 2 is 1.76 bits per heavy atom. The monoisotopic (exact) mass is 485 g/mol. The number of amides is 2. The molecule has 7 nitrogen and oxygen atoms in total. The quantitative estimate of drug-likeness (QED) is 0.341. The van der Waals surface area contributed by atoms with Crippen molar-refractivity contribution in [2.45, 2.75) is 32.8 Å². The van der Waals surface area contributed by atoms with E-state index < -0.39 is 19.7 Å². The van der Waals surface area contributed by atoms with Crippen molar-refractivity contribution in [3.8, 4) is 10.4 Å². The number of benzene rings is 2. The van der Waals surface area contributed by atoms with Crippen molar-refractivity contribution in [1.82, 2.24) is 0 Å². The van der Waals surface area contributed by atoms with Crippen LogP contribution >= 0.6 is 19.4 Å². The predicted octanol–water partition coefficient (Wildman–Crippen LogP) is 6.29. The van der Waals surface area contributed by atoms with Crippen molar-refractivity contribution in [3.63, 3.8) is 0 Å². The third kappa shape index (κ3) is 7.49. The molecule has 1 aromatic heterocycles. The Morgan fingerprint density at radius 3 is 2.36 bits per heavy atom. The van der Waals surface area contributed by atoms with Crippen LogP contribution in [-0.2, 0) is 15.7 Å². The Balaban J connectivity index is 1.82. The van der Waals surface area contributed by atoms with Crippen LogP contribution in [0.4, 0.5) is 16.2 Å². The van der Waals surface area contributed by atoms with Crippen molar-refractivity contribution in [2.75, 3.05) is 16.8 Å². The van der Waals surface area contributed by atoms with Gasteiger partial charge in [0.25, 0.3) is 5.91 Å². The maximum absolute atomic E-state index is 12.9. The summed E-state index contributed by atoms with van der Waals surface area (Å²) in [6, 6.07) is 16.2. The van der Waals surface area contributed by atoms with Crippen molar-refractivity contribution in [3.05, 3.63) is 71.1 Å². The third-order valence-electron chi connectivity index (χ3n) is 4.52. The number of hydrogen-bond acceptors (Lipinski definition) is 5. The zero-order valence-corrected chi connectivity index (χ0v) is 20.3. The van der Waals surface area contributed by atoms with Crippen LogP contribution in [0.5, 0.6) is 0 Å². The molecule has 0 spiro atoms. The van der Waals surface area contributed by atoms with Crippen LogP contribution in [-0.4, -0.2) is 28.7 Å². The van der Waals surface area contributed by atoms with E-state index in [4.69, 9.17) is 9.63 Å². The molecule has 0 radical (unpaired) electrons. The first-order valence-corrected chi connectivity index (χ1v) is 12.6. The Labute approximate surface area is 197 Å². The lowest BCUT2D eigenvalue weighted by atomic mass is 10.1. The van der Waals surface area contributed by atoms with E-state index in [1.165, 1.54) is 0 Å². The molecule has 0 aliphatic heterocycles. The molecule has 0 aliphatic carbocycles. The number of carbonyl (C=O) groups is 2. The lowest BCUT2D eigenvalue weighted by Crippen LogP contribution is -2.27. The first kappa shape index (κ1) is 24.6. The second kappa shape index (κ2) is 10.7. The Hall–Kier alpha value is -3.06. The fraction of sp³-hybridized carbons (Fsp3) is 0.250. The topological polar surface area (TPSA) is 105 Å². The average molecular weight is 486 g/mol. The van der Waals surface area contributed by atoms with Gasteiger partial charge in [-0.3, -0.25) is 10.1 Å². The maximum atomic E-state index is 12.9. The van der Waals surface area contributed by atoms with Crippen LogP contribution in [0, 0.1) is 0 Å². The van der Waals surface area contributed by atoms with Gasteiger partial charge in [0.1, 0.15) is 5.60 Å². The van der Waals surface area contributed by atoms with Gasteiger partial charge in [-0.1, -0.05) is 24.3 Å². The van der Waals surface area contributed by atoms with Gasteiger partial charge in [0.2, 0.25) is 0 Å². The molecule has 0 bridgehead atoms. The van der Waals surface area contributed by atoms with Crippen LogP contribution < -0.4 is 10.6 Å². The molecule has 1 heterocycles. The number of aryl methyl sites for hydroxylation is 1. The molecule has 0 saturated carbocycles. The molecule has 0 fully saturated rings. The Kier molecular flexibility index (Phi) is 7.97. The average Bonchev–Trinajstić information content (AvgIpc) is 3.27. The number of rotatable bonds is 7.